The Kier molecular flexibility index (Phi) is 3.22. The molecule has 21 heavy (non-hydrogen) atoms. The standard InChI is InChI=1S/C18H16O3/c1-12(19)10-11-18(21)15-8-4-2-6-13(15)17(20)14-7-3-5-9-16(14)18/h2-9,21H,10-11H2,1H3. The summed E-state index contributed by atoms with van der Waals surface area (Å²) in [5, 5.41) is 11.2. The van der Waals surface area contributed by atoms with E-state index in [4.69, 9.17) is 0 Å². The molecule has 1 N–H and O–H groups in total. The van der Waals surface area contributed by atoms with E-state index in [0.29, 0.717) is 22.3 Å². The van der Waals surface area contributed by atoms with Gasteiger partial charge in [0.1, 0.15) is 11.4 Å². The number of rotatable bonds is 3. The van der Waals surface area contributed by atoms with Gasteiger partial charge < -0.3 is 9.90 Å². The molecule has 3 heteroatoms. The minimum absolute atomic E-state index is 0.0234. The molecule has 3 rings (SSSR count). The van der Waals surface area contributed by atoms with Crippen molar-refractivity contribution in [3.63, 3.8) is 0 Å². The van der Waals surface area contributed by atoms with Crippen LogP contribution in [-0.2, 0) is 10.4 Å². The fourth-order valence-electron chi connectivity index (χ4n) is 3.00. The number of hydrogen-bond donors (Lipinski definition) is 1. The molecule has 0 unspecified atom stereocenters. The summed E-state index contributed by atoms with van der Waals surface area (Å²) in [6.07, 6.45) is 0.553. The van der Waals surface area contributed by atoms with Crippen molar-refractivity contribution in [2.24, 2.45) is 0 Å². The van der Waals surface area contributed by atoms with E-state index in [1.165, 1.54) is 6.92 Å². The molecule has 0 bridgehead atoms. The fourth-order valence-corrected chi connectivity index (χ4v) is 3.00. The molecule has 0 fully saturated rings. The first-order valence-electron chi connectivity index (χ1n) is 6.99. The first kappa shape index (κ1) is 13.7. The third-order valence-corrected chi connectivity index (χ3v) is 4.07. The number of carbonyl (C=O) groups is 2. The minimum Gasteiger partial charge on any atom is -0.380 e. The highest BCUT2D eigenvalue weighted by molar-refractivity contribution is 6.13. The van der Waals surface area contributed by atoms with Gasteiger partial charge in [0.25, 0.3) is 0 Å². The van der Waals surface area contributed by atoms with E-state index >= 15 is 0 Å². The van der Waals surface area contributed by atoms with Crippen molar-refractivity contribution in [3.8, 4) is 0 Å². The van der Waals surface area contributed by atoms with E-state index in [-0.39, 0.29) is 24.4 Å². The third kappa shape index (κ3) is 2.10. The molecular weight excluding hydrogens is 264 g/mol. The molecule has 0 spiro atoms. The van der Waals surface area contributed by atoms with Gasteiger partial charge in [0, 0.05) is 17.5 Å². The van der Waals surface area contributed by atoms with Gasteiger partial charge in [-0.3, -0.25) is 4.79 Å². The van der Waals surface area contributed by atoms with Crippen molar-refractivity contribution in [2.75, 3.05) is 0 Å². The van der Waals surface area contributed by atoms with Gasteiger partial charge in [-0.15, -0.1) is 0 Å². The fraction of sp³-hybridized carbons (Fsp3) is 0.222. The second-order valence-electron chi connectivity index (χ2n) is 5.48. The average molecular weight is 280 g/mol. The van der Waals surface area contributed by atoms with E-state index in [0.717, 1.165) is 0 Å². The van der Waals surface area contributed by atoms with Crippen molar-refractivity contribution in [1.29, 1.82) is 0 Å². The summed E-state index contributed by atoms with van der Waals surface area (Å²) in [6, 6.07) is 14.2. The topological polar surface area (TPSA) is 54.4 Å². The van der Waals surface area contributed by atoms with Crippen molar-refractivity contribution in [1.82, 2.24) is 0 Å². The summed E-state index contributed by atoms with van der Waals surface area (Å²) in [5.41, 5.74) is 0.932. The quantitative estimate of drug-likeness (QED) is 0.940. The Labute approximate surface area is 123 Å². The first-order valence-corrected chi connectivity index (χ1v) is 6.99. The maximum absolute atomic E-state index is 12.6. The Bertz CT molecular complexity index is 681. The molecule has 2 aromatic carbocycles. The number of Topliss-reactive ketones (excluding diaryl/α,β-unsaturated/α-hetero) is 1. The summed E-state index contributed by atoms with van der Waals surface area (Å²) >= 11 is 0. The molecule has 2 aromatic rings. The Hall–Kier alpha value is -2.26. The SMILES string of the molecule is CC(=O)CCC1(O)c2ccccc2C(=O)c2ccccc21. The minimum atomic E-state index is -1.28. The zero-order valence-electron chi connectivity index (χ0n) is 11.8. The molecule has 0 radical (unpaired) electrons. The van der Waals surface area contributed by atoms with Gasteiger partial charge in [-0.2, -0.15) is 0 Å². The summed E-state index contributed by atoms with van der Waals surface area (Å²) in [4.78, 5) is 23.9. The van der Waals surface area contributed by atoms with Gasteiger partial charge in [0.15, 0.2) is 5.78 Å². The van der Waals surface area contributed by atoms with Gasteiger partial charge in [-0.1, -0.05) is 48.5 Å². The highest BCUT2D eigenvalue weighted by Crippen LogP contribution is 2.42. The van der Waals surface area contributed by atoms with Crippen molar-refractivity contribution in [3.05, 3.63) is 70.8 Å². The summed E-state index contributed by atoms with van der Waals surface area (Å²) < 4.78 is 0. The Morgan fingerprint density at radius 3 is 1.95 bits per heavy atom. The van der Waals surface area contributed by atoms with Crippen LogP contribution >= 0.6 is 0 Å². The van der Waals surface area contributed by atoms with Crippen LogP contribution in [0.2, 0.25) is 0 Å². The highest BCUT2D eigenvalue weighted by Gasteiger charge is 2.41. The number of carbonyl (C=O) groups excluding carboxylic acids is 2. The maximum atomic E-state index is 12.6. The van der Waals surface area contributed by atoms with Crippen LogP contribution in [0.25, 0.3) is 0 Å². The van der Waals surface area contributed by atoms with Gasteiger partial charge in [-0.05, 0) is 24.5 Å². The summed E-state index contributed by atoms with van der Waals surface area (Å²) in [7, 11) is 0. The Balaban J connectivity index is 2.22. The van der Waals surface area contributed by atoms with Crippen molar-refractivity contribution < 1.29 is 14.7 Å². The largest absolute Gasteiger partial charge is 0.380 e. The van der Waals surface area contributed by atoms with Crippen LogP contribution < -0.4 is 0 Å². The van der Waals surface area contributed by atoms with E-state index in [9.17, 15) is 14.7 Å². The number of benzene rings is 2. The molecule has 0 aromatic heterocycles. The van der Waals surface area contributed by atoms with Crippen LogP contribution in [0, 0.1) is 0 Å². The zero-order chi connectivity index (χ0) is 15.0. The molecule has 0 atom stereocenters. The molecule has 0 aliphatic heterocycles. The number of aliphatic hydroxyl groups is 1. The lowest BCUT2D eigenvalue weighted by Crippen LogP contribution is -2.36. The third-order valence-electron chi connectivity index (χ3n) is 4.07. The Morgan fingerprint density at radius 2 is 1.48 bits per heavy atom. The van der Waals surface area contributed by atoms with Crippen LogP contribution in [-0.4, -0.2) is 16.7 Å². The molecule has 0 saturated heterocycles. The van der Waals surface area contributed by atoms with Gasteiger partial charge in [-0.25, -0.2) is 0 Å². The molecular formula is C18H16O3. The zero-order valence-corrected chi connectivity index (χ0v) is 11.8. The average Bonchev–Trinajstić information content (AvgIpc) is 2.51. The molecule has 0 amide bonds. The highest BCUT2D eigenvalue weighted by atomic mass is 16.3. The number of ketones is 2. The lowest BCUT2D eigenvalue weighted by atomic mass is 9.72. The first-order chi connectivity index (χ1) is 10.0. The predicted molar refractivity (Wildman–Crippen MR) is 79.2 cm³/mol. The van der Waals surface area contributed by atoms with Gasteiger partial charge >= 0.3 is 0 Å². The monoisotopic (exact) mass is 280 g/mol. The molecule has 106 valence electrons. The summed E-state index contributed by atoms with van der Waals surface area (Å²) in [5.74, 6) is -0.0519. The molecule has 0 saturated carbocycles. The Morgan fingerprint density at radius 1 is 1.00 bits per heavy atom. The lowest BCUT2D eigenvalue weighted by molar-refractivity contribution is -0.118. The molecule has 1 aliphatic rings. The molecule has 0 heterocycles. The van der Waals surface area contributed by atoms with Gasteiger partial charge in [0.05, 0.1) is 0 Å². The number of fused-ring (bicyclic) bond motifs is 2. The molecule has 1 aliphatic carbocycles. The lowest BCUT2D eigenvalue weighted by Gasteiger charge is -2.35. The van der Waals surface area contributed by atoms with Crippen molar-refractivity contribution in [2.45, 2.75) is 25.4 Å². The van der Waals surface area contributed by atoms with Crippen molar-refractivity contribution >= 4 is 11.6 Å². The van der Waals surface area contributed by atoms with Crippen LogP contribution in [0.5, 0.6) is 0 Å². The van der Waals surface area contributed by atoms with E-state index in [2.05, 4.69) is 0 Å². The van der Waals surface area contributed by atoms with Gasteiger partial charge in [0.2, 0.25) is 0 Å². The van der Waals surface area contributed by atoms with Crippen LogP contribution in [0.3, 0.4) is 0 Å². The van der Waals surface area contributed by atoms with E-state index < -0.39 is 5.60 Å². The van der Waals surface area contributed by atoms with E-state index in [1.807, 2.05) is 0 Å². The second-order valence-corrected chi connectivity index (χ2v) is 5.48. The molecule has 3 nitrogen and oxygen atoms in total. The van der Waals surface area contributed by atoms with E-state index in [1.54, 1.807) is 48.5 Å². The normalized spacial score (nSPS) is 15.2. The number of hydrogen-bond acceptors (Lipinski definition) is 3. The smallest absolute Gasteiger partial charge is 0.193 e. The second kappa shape index (κ2) is 4.93. The van der Waals surface area contributed by atoms with Crippen LogP contribution in [0.4, 0.5) is 0 Å². The van der Waals surface area contributed by atoms with Crippen LogP contribution in [0.1, 0.15) is 46.8 Å². The predicted octanol–water partition coefficient (Wildman–Crippen LogP) is 2.84. The summed E-state index contributed by atoms with van der Waals surface area (Å²) in [6.45, 7) is 1.51. The van der Waals surface area contributed by atoms with Crippen LogP contribution in [0.15, 0.2) is 48.5 Å². The maximum Gasteiger partial charge on any atom is 0.193 e.